The first-order chi connectivity index (χ1) is 10.2. The van der Waals surface area contributed by atoms with Crippen LogP contribution in [-0.2, 0) is 6.42 Å². The third kappa shape index (κ3) is 5.74. The van der Waals surface area contributed by atoms with E-state index in [0.717, 1.165) is 37.1 Å². The highest BCUT2D eigenvalue weighted by Crippen LogP contribution is 2.18. The standard InChI is InChI=1S/C17H26N2O2/c1-3-17(14-18,19-4-2)11-5-13-21-16-8-6-15(7-9-16)10-12-20/h6-9,19-20H,3-5,10-13H2,1-2H3. The fourth-order valence-corrected chi connectivity index (χ4v) is 2.35. The zero-order valence-corrected chi connectivity index (χ0v) is 13.1. The minimum Gasteiger partial charge on any atom is -0.494 e. The van der Waals surface area contributed by atoms with Crippen LogP contribution in [0.3, 0.4) is 0 Å². The van der Waals surface area contributed by atoms with Crippen LogP contribution in [0, 0.1) is 11.3 Å². The summed E-state index contributed by atoms with van der Waals surface area (Å²) in [5.74, 6) is 0.833. The van der Waals surface area contributed by atoms with Crippen molar-refractivity contribution >= 4 is 0 Å². The summed E-state index contributed by atoms with van der Waals surface area (Å²) in [5.41, 5.74) is 0.676. The minimum atomic E-state index is -0.427. The van der Waals surface area contributed by atoms with Crippen molar-refractivity contribution in [2.75, 3.05) is 19.8 Å². The molecule has 21 heavy (non-hydrogen) atoms. The summed E-state index contributed by atoms with van der Waals surface area (Å²) in [5, 5.41) is 21.5. The quantitative estimate of drug-likeness (QED) is 0.650. The Bertz CT molecular complexity index is 439. The van der Waals surface area contributed by atoms with E-state index >= 15 is 0 Å². The fraction of sp³-hybridized carbons (Fsp3) is 0.588. The van der Waals surface area contributed by atoms with E-state index in [0.29, 0.717) is 13.0 Å². The van der Waals surface area contributed by atoms with Gasteiger partial charge in [-0.3, -0.25) is 5.32 Å². The van der Waals surface area contributed by atoms with Crippen molar-refractivity contribution in [2.24, 2.45) is 0 Å². The summed E-state index contributed by atoms with van der Waals surface area (Å²) in [6.07, 6.45) is 3.10. The molecule has 0 amide bonds. The Kier molecular flexibility index (Phi) is 7.81. The second-order valence-electron chi connectivity index (χ2n) is 5.15. The average molecular weight is 290 g/mol. The number of aliphatic hydroxyl groups is 1. The monoisotopic (exact) mass is 290 g/mol. The van der Waals surface area contributed by atoms with Crippen LogP contribution >= 0.6 is 0 Å². The molecule has 0 spiro atoms. The molecule has 0 aliphatic carbocycles. The van der Waals surface area contributed by atoms with Gasteiger partial charge in [-0.1, -0.05) is 26.0 Å². The first-order valence-electron chi connectivity index (χ1n) is 7.68. The van der Waals surface area contributed by atoms with Crippen molar-refractivity contribution in [2.45, 2.75) is 45.1 Å². The highest BCUT2D eigenvalue weighted by Gasteiger charge is 2.25. The number of benzene rings is 1. The topological polar surface area (TPSA) is 65.3 Å². The first-order valence-corrected chi connectivity index (χ1v) is 7.68. The summed E-state index contributed by atoms with van der Waals surface area (Å²) in [7, 11) is 0. The van der Waals surface area contributed by atoms with Crippen molar-refractivity contribution in [3.63, 3.8) is 0 Å². The molecule has 0 aliphatic heterocycles. The third-order valence-electron chi connectivity index (χ3n) is 3.67. The van der Waals surface area contributed by atoms with E-state index in [4.69, 9.17) is 9.84 Å². The van der Waals surface area contributed by atoms with Gasteiger partial charge in [0.05, 0.1) is 12.7 Å². The molecule has 116 valence electrons. The zero-order chi connectivity index (χ0) is 15.6. The number of hydrogen-bond acceptors (Lipinski definition) is 4. The lowest BCUT2D eigenvalue weighted by molar-refractivity contribution is 0.277. The SMILES string of the molecule is CCNC(C#N)(CC)CCCOc1ccc(CCO)cc1. The van der Waals surface area contributed by atoms with Crippen LogP contribution in [0.15, 0.2) is 24.3 Å². The van der Waals surface area contributed by atoms with Gasteiger partial charge in [-0.2, -0.15) is 5.26 Å². The van der Waals surface area contributed by atoms with Gasteiger partial charge in [0.2, 0.25) is 0 Å². The largest absolute Gasteiger partial charge is 0.494 e. The molecule has 1 rings (SSSR count). The minimum absolute atomic E-state index is 0.165. The summed E-state index contributed by atoms with van der Waals surface area (Å²) in [6, 6.07) is 10.2. The molecule has 0 fully saturated rings. The Morgan fingerprint density at radius 1 is 1.29 bits per heavy atom. The van der Waals surface area contributed by atoms with Crippen LogP contribution in [-0.4, -0.2) is 30.4 Å². The van der Waals surface area contributed by atoms with Crippen molar-refractivity contribution < 1.29 is 9.84 Å². The molecule has 1 aromatic rings. The van der Waals surface area contributed by atoms with Gasteiger partial charge in [0, 0.05) is 6.61 Å². The van der Waals surface area contributed by atoms with Gasteiger partial charge >= 0.3 is 0 Å². The normalized spacial score (nSPS) is 13.4. The Hall–Kier alpha value is -1.57. The Balaban J connectivity index is 2.37. The van der Waals surface area contributed by atoms with Crippen molar-refractivity contribution in [3.8, 4) is 11.8 Å². The fourth-order valence-electron chi connectivity index (χ4n) is 2.35. The highest BCUT2D eigenvalue weighted by molar-refractivity contribution is 5.27. The van der Waals surface area contributed by atoms with Crippen LogP contribution in [0.4, 0.5) is 0 Å². The van der Waals surface area contributed by atoms with E-state index in [1.165, 1.54) is 0 Å². The van der Waals surface area contributed by atoms with Gasteiger partial charge in [-0.15, -0.1) is 0 Å². The molecule has 0 aliphatic rings. The second kappa shape index (κ2) is 9.38. The van der Waals surface area contributed by atoms with Gasteiger partial charge < -0.3 is 9.84 Å². The van der Waals surface area contributed by atoms with Crippen LogP contribution in [0.25, 0.3) is 0 Å². The van der Waals surface area contributed by atoms with Gasteiger partial charge in [0.25, 0.3) is 0 Å². The van der Waals surface area contributed by atoms with Crippen molar-refractivity contribution in [1.29, 1.82) is 5.26 Å². The molecule has 2 N–H and O–H groups in total. The molecule has 4 nitrogen and oxygen atoms in total. The lowest BCUT2D eigenvalue weighted by atomic mass is 9.92. The number of aliphatic hydroxyl groups excluding tert-OH is 1. The smallest absolute Gasteiger partial charge is 0.119 e. The molecule has 0 bridgehead atoms. The van der Waals surface area contributed by atoms with Gasteiger partial charge in [-0.25, -0.2) is 0 Å². The van der Waals surface area contributed by atoms with Crippen molar-refractivity contribution in [3.05, 3.63) is 29.8 Å². The lowest BCUT2D eigenvalue weighted by Gasteiger charge is -2.25. The summed E-state index contributed by atoms with van der Waals surface area (Å²) >= 11 is 0. The number of rotatable bonds is 10. The van der Waals surface area contributed by atoms with E-state index in [2.05, 4.69) is 11.4 Å². The molecule has 0 aromatic heterocycles. The predicted octanol–water partition coefficient (Wildman–Crippen LogP) is 2.66. The number of nitriles is 1. The Morgan fingerprint density at radius 2 is 2.00 bits per heavy atom. The van der Waals surface area contributed by atoms with Crippen LogP contribution in [0.5, 0.6) is 5.75 Å². The molecular weight excluding hydrogens is 264 g/mol. The molecule has 4 heteroatoms. The first kappa shape index (κ1) is 17.5. The molecule has 1 aromatic carbocycles. The van der Waals surface area contributed by atoms with Gasteiger partial charge in [0.15, 0.2) is 0 Å². The molecule has 1 atom stereocenters. The number of nitrogens with zero attached hydrogens (tertiary/aromatic N) is 1. The number of ether oxygens (including phenoxy) is 1. The molecule has 0 saturated carbocycles. The summed E-state index contributed by atoms with van der Waals surface area (Å²) in [6.45, 7) is 5.62. The summed E-state index contributed by atoms with van der Waals surface area (Å²) < 4.78 is 5.70. The second-order valence-corrected chi connectivity index (χ2v) is 5.15. The highest BCUT2D eigenvalue weighted by atomic mass is 16.5. The van der Waals surface area contributed by atoms with E-state index in [-0.39, 0.29) is 6.61 Å². The molecule has 0 heterocycles. The number of hydrogen-bond donors (Lipinski definition) is 2. The van der Waals surface area contributed by atoms with E-state index < -0.39 is 5.54 Å². The summed E-state index contributed by atoms with van der Waals surface area (Å²) in [4.78, 5) is 0. The molecule has 0 radical (unpaired) electrons. The van der Waals surface area contributed by atoms with Crippen LogP contribution in [0.1, 0.15) is 38.7 Å². The maximum Gasteiger partial charge on any atom is 0.119 e. The Morgan fingerprint density at radius 3 is 2.52 bits per heavy atom. The predicted molar refractivity (Wildman–Crippen MR) is 84.3 cm³/mol. The van der Waals surface area contributed by atoms with E-state index in [1.807, 2.05) is 38.1 Å². The molecule has 1 unspecified atom stereocenters. The maximum atomic E-state index is 9.33. The third-order valence-corrected chi connectivity index (χ3v) is 3.67. The van der Waals surface area contributed by atoms with E-state index in [9.17, 15) is 5.26 Å². The molecule has 0 saturated heterocycles. The van der Waals surface area contributed by atoms with Gasteiger partial charge in [0.1, 0.15) is 11.3 Å². The van der Waals surface area contributed by atoms with Crippen molar-refractivity contribution in [1.82, 2.24) is 5.32 Å². The number of nitrogens with one attached hydrogen (secondary N) is 1. The molecular formula is C17H26N2O2. The Labute approximate surface area is 127 Å². The zero-order valence-electron chi connectivity index (χ0n) is 13.1. The van der Waals surface area contributed by atoms with Gasteiger partial charge in [-0.05, 0) is 49.9 Å². The van der Waals surface area contributed by atoms with Crippen LogP contribution < -0.4 is 10.1 Å². The maximum absolute atomic E-state index is 9.33. The van der Waals surface area contributed by atoms with E-state index in [1.54, 1.807) is 0 Å². The average Bonchev–Trinajstić information content (AvgIpc) is 2.52. The lowest BCUT2D eigenvalue weighted by Crippen LogP contribution is -2.43. The van der Waals surface area contributed by atoms with Crippen LogP contribution in [0.2, 0.25) is 0 Å².